The number of sulfonamides is 1. The summed E-state index contributed by atoms with van der Waals surface area (Å²) < 4.78 is 28.9. The summed E-state index contributed by atoms with van der Waals surface area (Å²) in [6, 6.07) is 7.85. The van der Waals surface area contributed by atoms with Crippen LogP contribution in [0.5, 0.6) is 0 Å². The van der Waals surface area contributed by atoms with Crippen LogP contribution in [0.1, 0.15) is 51.9 Å². The molecule has 130 valence electrons. The van der Waals surface area contributed by atoms with Crippen molar-refractivity contribution in [3.63, 3.8) is 0 Å². The van der Waals surface area contributed by atoms with Crippen LogP contribution in [0.2, 0.25) is 0 Å². The largest absolute Gasteiger partial charge is 0.241 e. The van der Waals surface area contributed by atoms with Crippen LogP contribution in [-0.4, -0.2) is 8.42 Å². The van der Waals surface area contributed by atoms with Crippen LogP contribution in [0.3, 0.4) is 0 Å². The van der Waals surface area contributed by atoms with Gasteiger partial charge in [0.05, 0.1) is 4.90 Å². The summed E-state index contributed by atoms with van der Waals surface area (Å²) in [6.45, 7) is 13.6. The maximum Gasteiger partial charge on any atom is 0.241 e. The summed E-state index contributed by atoms with van der Waals surface area (Å²) in [5, 5.41) is 0. The van der Waals surface area contributed by atoms with Gasteiger partial charge in [0, 0.05) is 6.04 Å². The van der Waals surface area contributed by atoms with Crippen molar-refractivity contribution in [2.45, 2.75) is 59.4 Å². The molecular formula is C20H27NO2S. The molecule has 0 fully saturated rings. The minimum atomic E-state index is -3.59. The zero-order chi connectivity index (χ0) is 18.2. The van der Waals surface area contributed by atoms with Crippen molar-refractivity contribution in [3.8, 4) is 0 Å². The molecule has 0 radical (unpaired) electrons. The summed E-state index contributed by atoms with van der Waals surface area (Å²) in [5.74, 6) is 0. The Hall–Kier alpha value is -1.65. The highest BCUT2D eigenvalue weighted by Gasteiger charge is 2.24. The van der Waals surface area contributed by atoms with Crippen molar-refractivity contribution >= 4 is 10.0 Å². The van der Waals surface area contributed by atoms with Crippen LogP contribution in [0, 0.1) is 41.5 Å². The Morgan fingerprint density at radius 1 is 0.833 bits per heavy atom. The molecule has 2 rings (SSSR count). The molecule has 0 amide bonds. The van der Waals surface area contributed by atoms with Crippen molar-refractivity contribution < 1.29 is 8.42 Å². The Kier molecular flexibility index (Phi) is 5.21. The third-order valence-electron chi connectivity index (χ3n) is 4.79. The fourth-order valence-electron chi connectivity index (χ4n) is 3.25. The van der Waals surface area contributed by atoms with E-state index in [1.165, 1.54) is 5.56 Å². The summed E-state index contributed by atoms with van der Waals surface area (Å²) in [6.07, 6.45) is 0. The highest BCUT2D eigenvalue weighted by molar-refractivity contribution is 7.89. The number of benzene rings is 2. The molecule has 0 aliphatic rings. The van der Waals surface area contributed by atoms with Crippen LogP contribution < -0.4 is 4.72 Å². The highest BCUT2D eigenvalue weighted by atomic mass is 32.2. The van der Waals surface area contributed by atoms with Crippen molar-refractivity contribution in [1.29, 1.82) is 0 Å². The number of hydrogen-bond donors (Lipinski definition) is 1. The minimum Gasteiger partial charge on any atom is -0.207 e. The number of nitrogens with one attached hydrogen (secondary N) is 1. The molecular weight excluding hydrogens is 318 g/mol. The Bertz CT molecular complexity index is 857. The van der Waals surface area contributed by atoms with E-state index in [9.17, 15) is 8.42 Å². The summed E-state index contributed by atoms with van der Waals surface area (Å²) >= 11 is 0. The zero-order valence-electron chi connectivity index (χ0n) is 15.6. The standard InChI is InChI=1S/C20H27NO2S/c1-12-8-9-19(15(4)10-12)18(7)21-24(22,23)20-16(5)13(2)11-14(3)17(20)6/h8-11,18,21H,1-7H3. The molecule has 1 N–H and O–H groups in total. The van der Waals surface area contributed by atoms with Gasteiger partial charge in [-0.15, -0.1) is 0 Å². The first-order valence-electron chi connectivity index (χ1n) is 8.21. The molecule has 2 aromatic rings. The van der Waals surface area contributed by atoms with Crippen molar-refractivity contribution in [2.24, 2.45) is 0 Å². The Labute approximate surface area is 146 Å². The lowest BCUT2D eigenvalue weighted by Crippen LogP contribution is -2.29. The smallest absolute Gasteiger partial charge is 0.207 e. The molecule has 0 heterocycles. The third-order valence-corrected chi connectivity index (χ3v) is 6.60. The van der Waals surface area contributed by atoms with Crippen LogP contribution in [-0.2, 0) is 10.0 Å². The van der Waals surface area contributed by atoms with Crippen molar-refractivity contribution in [3.05, 3.63) is 63.2 Å². The van der Waals surface area contributed by atoms with E-state index < -0.39 is 10.0 Å². The van der Waals surface area contributed by atoms with Crippen LogP contribution >= 0.6 is 0 Å². The molecule has 3 nitrogen and oxygen atoms in total. The fourth-order valence-corrected chi connectivity index (χ4v) is 5.09. The quantitative estimate of drug-likeness (QED) is 0.882. The van der Waals surface area contributed by atoms with E-state index >= 15 is 0 Å². The Morgan fingerprint density at radius 2 is 1.38 bits per heavy atom. The lowest BCUT2D eigenvalue weighted by Gasteiger charge is -2.20. The van der Waals surface area contributed by atoms with Crippen LogP contribution in [0.25, 0.3) is 0 Å². The van der Waals surface area contributed by atoms with E-state index in [0.29, 0.717) is 4.90 Å². The van der Waals surface area contributed by atoms with E-state index in [1.54, 1.807) is 0 Å². The number of hydrogen-bond acceptors (Lipinski definition) is 2. The first-order valence-corrected chi connectivity index (χ1v) is 9.69. The Morgan fingerprint density at radius 3 is 1.88 bits per heavy atom. The van der Waals surface area contributed by atoms with E-state index in [0.717, 1.165) is 33.4 Å². The number of rotatable bonds is 4. The second-order valence-corrected chi connectivity index (χ2v) is 8.44. The van der Waals surface area contributed by atoms with E-state index in [-0.39, 0.29) is 6.04 Å². The molecule has 24 heavy (non-hydrogen) atoms. The molecule has 0 bridgehead atoms. The van der Waals surface area contributed by atoms with Gasteiger partial charge in [-0.25, -0.2) is 13.1 Å². The molecule has 1 atom stereocenters. The third kappa shape index (κ3) is 3.55. The van der Waals surface area contributed by atoms with Gasteiger partial charge >= 0.3 is 0 Å². The predicted octanol–water partition coefficient (Wildman–Crippen LogP) is 4.58. The van der Waals surface area contributed by atoms with Gasteiger partial charge in [-0.3, -0.25) is 0 Å². The van der Waals surface area contributed by atoms with Crippen LogP contribution in [0.4, 0.5) is 0 Å². The topological polar surface area (TPSA) is 46.2 Å². The molecule has 0 spiro atoms. The first kappa shape index (κ1) is 18.7. The number of aryl methyl sites for hydroxylation is 4. The summed E-state index contributed by atoms with van der Waals surface area (Å²) in [4.78, 5) is 0.414. The molecule has 4 heteroatoms. The van der Waals surface area contributed by atoms with Gasteiger partial charge in [0.15, 0.2) is 0 Å². The van der Waals surface area contributed by atoms with Gasteiger partial charge in [0.2, 0.25) is 10.0 Å². The average molecular weight is 346 g/mol. The highest BCUT2D eigenvalue weighted by Crippen LogP contribution is 2.28. The molecule has 0 saturated carbocycles. The average Bonchev–Trinajstić information content (AvgIpc) is 2.44. The van der Waals surface area contributed by atoms with E-state index in [4.69, 9.17) is 0 Å². The molecule has 0 saturated heterocycles. The van der Waals surface area contributed by atoms with Crippen LogP contribution in [0.15, 0.2) is 29.2 Å². The SMILES string of the molecule is Cc1ccc(C(C)NS(=O)(=O)c2c(C)c(C)cc(C)c2C)c(C)c1. The lowest BCUT2D eigenvalue weighted by molar-refractivity contribution is 0.565. The van der Waals surface area contributed by atoms with Gasteiger partial charge in [-0.1, -0.05) is 29.8 Å². The second-order valence-electron chi connectivity index (χ2n) is 6.79. The normalized spacial score (nSPS) is 13.1. The fraction of sp³-hybridized carbons (Fsp3) is 0.400. The second kappa shape index (κ2) is 6.69. The zero-order valence-corrected chi connectivity index (χ0v) is 16.4. The minimum absolute atomic E-state index is 0.282. The first-order chi connectivity index (χ1) is 11.0. The summed E-state index contributed by atoms with van der Waals surface area (Å²) in [5.41, 5.74) is 6.90. The monoisotopic (exact) mass is 345 g/mol. The molecule has 0 aromatic heterocycles. The van der Waals surface area contributed by atoms with E-state index in [1.807, 2.05) is 66.7 Å². The molecule has 0 aliphatic carbocycles. The van der Waals surface area contributed by atoms with E-state index in [2.05, 4.69) is 10.8 Å². The van der Waals surface area contributed by atoms with Gasteiger partial charge in [0.1, 0.15) is 0 Å². The van der Waals surface area contributed by atoms with Gasteiger partial charge in [-0.2, -0.15) is 0 Å². The molecule has 2 aromatic carbocycles. The van der Waals surface area contributed by atoms with Gasteiger partial charge < -0.3 is 0 Å². The lowest BCUT2D eigenvalue weighted by atomic mass is 10.0. The maximum absolute atomic E-state index is 13.0. The molecule has 0 aliphatic heterocycles. The Balaban J connectivity index is 2.46. The van der Waals surface area contributed by atoms with Crippen molar-refractivity contribution in [2.75, 3.05) is 0 Å². The van der Waals surface area contributed by atoms with Gasteiger partial charge in [0.25, 0.3) is 0 Å². The maximum atomic E-state index is 13.0. The van der Waals surface area contributed by atoms with Gasteiger partial charge in [-0.05, 0) is 81.8 Å². The predicted molar refractivity (Wildman–Crippen MR) is 100 cm³/mol. The molecule has 1 unspecified atom stereocenters. The van der Waals surface area contributed by atoms with Crippen molar-refractivity contribution in [1.82, 2.24) is 4.72 Å². The summed E-state index contributed by atoms with van der Waals surface area (Å²) in [7, 11) is -3.59.